The Kier molecular flexibility index (Phi) is 5.65. The number of hydrogen-bond acceptors (Lipinski definition) is 6. The van der Waals surface area contributed by atoms with Crippen molar-refractivity contribution in [1.82, 2.24) is 25.3 Å². The Bertz CT molecular complexity index is 810. The molecule has 1 aromatic carbocycles. The summed E-state index contributed by atoms with van der Waals surface area (Å²) in [6.45, 7) is 2.43. The number of aliphatic hydroxyl groups excluding tert-OH is 1. The number of benzene rings is 1. The number of rotatable bonds is 3. The van der Waals surface area contributed by atoms with Crippen LogP contribution in [0.5, 0.6) is 0 Å². The van der Waals surface area contributed by atoms with Gasteiger partial charge in [0, 0.05) is 32.1 Å². The Morgan fingerprint density at radius 2 is 1.93 bits per heavy atom. The summed E-state index contributed by atoms with van der Waals surface area (Å²) >= 11 is 0. The molecule has 0 bridgehead atoms. The standard InChI is InChI=1S/C17H20FN5O4/c1-11(24)22-6-7-23(10-14(25)9-22)17(26)19-8-15-20-16(21-27-15)12-2-4-13(18)5-3-12/h2-5,14,25H,6-10H2,1H3,(H,19,26)/t14-/m1/s1. The smallest absolute Gasteiger partial charge is 0.317 e. The molecule has 1 aromatic heterocycles. The van der Waals surface area contributed by atoms with E-state index < -0.39 is 12.1 Å². The maximum Gasteiger partial charge on any atom is 0.317 e. The van der Waals surface area contributed by atoms with Gasteiger partial charge in [-0.3, -0.25) is 4.79 Å². The topological polar surface area (TPSA) is 112 Å². The van der Waals surface area contributed by atoms with Gasteiger partial charge in [-0.2, -0.15) is 4.98 Å². The quantitative estimate of drug-likeness (QED) is 0.811. The third-order valence-corrected chi connectivity index (χ3v) is 4.20. The second kappa shape index (κ2) is 8.12. The van der Waals surface area contributed by atoms with Crippen molar-refractivity contribution in [1.29, 1.82) is 0 Å². The van der Waals surface area contributed by atoms with Crippen molar-refractivity contribution in [3.05, 3.63) is 36.0 Å². The number of urea groups is 1. The first kappa shape index (κ1) is 18.8. The number of nitrogens with one attached hydrogen (secondary N) is 1. The molecule has 0 radical (unpaired) electrons. The fraction of sp³-hybridized carbons (Fsp3) is 0.412. The minimum Gasteiger partial charge on any atom is -0.389 e. The first-order valence-corrected chi connectivity index (χ1v) is 8.47. The average molecular weight is 377 g/mol. The molecule has 1 aliphatic rings. The Morgan fingerprint density at radius 1 is 1.26 bits per heavy atom. The highest BCUT2D eigenvalue weighted by Gasteiger charge is 2.25. The lowest BCUT2D eigenvalue weighted by atomic mass is 10.2. The summed E-state index contributed by atoms with van der Waals surface area (Å²) < 4.78 is 18.1. The van der Waals surface area contributed by atoms with Crippen LogP contribution in [-0.2, 0) is 11.3 Å². The second-order valence-electron chi connectivity index (χ2n) is 6.24. The molecule has 0 saturated carbocycles. The molecule has 3 amide bonds. The summed E-state index contributed by atoms with van der Waals surface area (Å²) in [7, 11) is 0. The number of hydrogen-bond donors (Lipinski definition) is 2. The lowest BCUT2D eigenvalue weighted by Crippen LogP contribution is -2.43. The third-order valence-electron chi connectivity index (χ3n) is 4.20. The first-order chi connectivity index (χ1) is 12.9. The zero-order chi connectivity index (χ0) is 19.4. The molecule has 2 heterocycles. The normalized spacial score (nSPS) is 17.5. The van der Waals surface area contributed by atoms with Gasteiger partial charge in [0.25, 0.3) is 0 Å². The fourth-order valence-electron chi connectivity index (χ4n) is 2.77. The summed E-state index contributed by atoms with van der Waals surface area (Å²) in [6.07, 6.45) is -0.810. The first-order valence-electron chi connectivity index (χ1n) is 8.47. The molecule has 2 aromatic rings. The van der Waals surface area contributed by atoms with Crippen molar-refractivity contribution in [2.24, 2.45) is 0 Å². The van der Waals surface area contributed by atoms with Crippen LogP contribution in [0, 0.1) is 5.82 Å². The van der Waals surface area contributed by atoms with Gasteiger partial charge in [-0.05, 0) is 24.3 Å². The third kappa shape index (κ3) is 4.79. The van der Waals surface area contributed by atoms with E-state index in [1.807, 2.05) is 0 Å². The van der Waals surface area contributed by atoms with E-state index in [9.17, 15) is 19.1 Å². The van der Waals surface area contributed by atoms with E-state index in [1.54, 1.807) is 0 Å². The van der Waals surface area contributed by atoms with E-state index in [4.69, 9.17) is 4.52 Å². The molecule has 1 saturated heterocycles. The molecule has 3 rings (SSSR count). The number of nitrogens with zero attached hydrogens (tertiary/aromatic N) is 4. The highest BCUT2D eigenvalue weighted by molar-refractivity contribution is 5.75. The molecular formula is C17H20FN5O4. The van der Waals surface area contributed by atoms with E-state index in [-0.39, 0.29) is 37.2 Å². The molecule has 2 N–H and O–H groups in total. The van der Waals surface area contributed by atoms with Crippen LogP contribution in [0.4, 0.5) is 9.18 Å². The predicted molar refractivity (Wildman–Crippen MR) is 91.8 cm³/mol. The molecule has 1 aliphatic heterocycles. The van der Waals surface area contributed by atoms with Crippen molar-refractivity contribution >= 4 is 11.9 Å². The summed E-state index contributed by atoms with van der Waals surface area (Å²) in [4.78, 5) is 30.9. The van der Waals surface area contributed by atoms with E-state index >= 15 is 0 Å². The van der Waals surface area contributed by atoms with Crippen molar-refractivity contribution in [3.63, 3.8) is 0 Å². The van der Waals surface area contributed by atoms with Crippen LogP contribution in [0.1, 0.15) is 12.8 Å². The maximum atomic E-state index is 13.0. The van der Waals surface area contributed by atoms with Crippen LogP contribution in [-0.4, -0.2) is 69.3 Å². The maximum absolute atomic E-state index is 13.0. The van der Waals surface area contributed by atoms with Crippen molar-refractivity contribution in [2.45, 2.75) is 19.6 Å². The summed E-state index contributed by atoms with van der Waals surface area (Å²) in [5.41, 5.74) is 0.595. The van der Waals surface area contributed by atoms with Crippen LogP contribution in [0.15, 0.2) is 28.8 Å². The molecule has 0 spiro atoms. The van der Waals surface area contributed by atoms with Gasteiger partial charge < -0.3 is 24.7 Å². The van der Waals surface area contributed by atoms with Gasteiger partial charge in [-0.15, -0.1) is 0 Å². The lowest BCUT2D eigenvalue weighted by Gasteiger charge is -2.21. The Balaban J connectivity index is 1.56. The molecule has 144 valence electrons. The Morgan fingerprint density at radius 3 is 2.63 bits per heavy atom. The van der Waals surface area contributed by atoms with Gasteiger partial charge >= 0.3 is 6.03 Å². The molecule has 1 fully saturated rings. The molecule has 0 unspecified atom stereocenters. The predicted octanol–water partition coefficient (Wildman–Crippen LogP) is 0.610. The number of aliphatic hydroxyl groups is 1. The van der Waals surface area contributed by atoms with Crippen molar-refractivity contribution < 1.29 is 23.6 Å². The molecule has 1 atom stereocenters. The molecule has 27 heavy (non-hydrogen) atoms. The Labute approximate surface area is 154 Å². The van der Waals surface area contributed by atoms with E-state index in [2.05, 4.69) is 15.5 Å². The largest absolute Gasteiger partial charge is 0.389 e. The monoisotopic (exact) mass is 377 g/mol. The molecular weight excluding hydrogens is 357 g/mol. The number of carbonyl (C=O) groups excluding carboxylic acids is 2. The number of halogens is 1. The summed E-state index contributed by atoms with van der Waals surface area (Å²) in [5.74, 6) is -0.0156. The summed E-state index contributed by atoms with van der Waals surface area (Å²) in [6, 6.07) is 5.25. The van der Waals surface area contributed by atoms with E-state index in [0.717, 1.165) is 0 Å². The number of carbonyl (C=O) groups is 2. The van der Waals surface area contributed by atoms with Gasteiger partial charge in [0.05, 0.1) is 19.2 Å². The minimum absolute atomic E-state index is 0.00997. The molecule has 0 aliphatic carbocycles. The fourth-order valence-corrected chi connectivity index (χ4v) is 2.77. The van der Waals surface area contributed by atoms with E-state index in [1.165, 1.54) is 41.0 Å². The van der Waals surface area contributed by atoms with Crippen molar-refractivity contribution in [2.75, 3.05) is 26.2 Å². The van der Waals surface area contributed by atoms with E-state index in [0.29, 0.717) is 24.5 Å². The van der Waals surface area contributed by atoms with Gasteiger partial charge in [0.1, 0.15) is 5.82 Å². The number of aromatic nitrogens is 2. The van der Waals surface area contributed by atoms with Gasteiger partial charge in [0.2, 0.25) is 17.6 Å². The molecule has 10 heteroatoms. The minimum atomic E-state index is -0.810. The zero-order valence-corrected chi connectivity index (χ0v) is 14.8. The zero-order valence-electron chi connectivity index (χ0n) is 14.8. The SMILES string of the molecule is CC(=O)N1CCN(C(=O)NCc2nc(-c3ccc(F)cc3)no2)C[C@H](O)C1. The van der Waals surface area contributed by atoms with Crippen LogP contribution in [0.2, 0.25) is 0 Å². The van der Waals surface area contributed by atoms with Crippen LogP contribution in [0.25, 0.3) is 11.4 Å². The average Bonchev–Trinajstić information content (AvgIpc) is 3.01. The van der Waals surface area contributed by atoms with Crippen LogP contribution < -0.4 is 5.32 Å². The number of β-amino-alcohol motifs (C(OH)–C–C–N with tert-alkyl or cyclic N) is 1. The Hall–Kier alpha value is -3.01. The summed E-state index contributed by atoms with van der Waals surface area (Å²) in [5, 5.41) is 16.4. The van der Waals surface area contributed by atoms with Gasteiger partial charge in [-0.25, -0.2) is 9.18 Å². The number of amides is 3. The second-order valence-corrected chi connectivity index (χ2v) is 6.24. The highest BCUT2D eigenvalue weighted by atomic mass is 19.1. The van der Waals surface area contributed by atoms with Gasteiger partial charge in [-0.1, -0.05) is 5.16 Å². The highest BCUT2D eigenvalue weighted by Crippen LogP contribution is 2.16. The van der Waals surface area contributed by atoms with Crippen molar-refractivity contribution in [3.8, 4) is 11.4 Å². The van der Waals surface area contributed by atoms with Crippen LogP contribution >= 0.6 is 0 Å². The van der Waals surface area contributed by atoms with Crippen LogP contribution in [0.3, 0.4) is 0 Å². The lowest BCUT2D eigenvalue weighted by molar-refractivity contribution is -0.129. The molecule has 9 nitrogen and oxygen atoms in total. The van der Waals surface area contributed by atoms with Gasteiger partial charge in [0.15, 0.2) is 0 Å².